The van der Waals surface area contributed by atoms with Crippen LogP contribution in [-0.2, 0) is 16.2 Å². The van der Waals surface area contributed by atoms with Gasteiger partial charge in [-0.3, -0.25) is 14.4 Å². The Kier molecular flexibility index (Phi) is 8.49. The fraction of sp³-hybridized carbons (Fsp3) is 0.120. The Morgan fingerprint density at radius 3 is 2.31 bits per heavy atom. The number of benzene rings is 3. The third kappa shape index (κ3) is 7.39. The molecule has 35 heavy (non-hydrogen) atoms. The minimum atomic E-state index is -0.982. The molecule has 0 unspecified atom stereocenters. The van der Waals surface area contributed by atoms with Crippen molar-refractivity contribution in [3.8, 4) is 11.5 Å². The number of amides is 3. The molecule has 3 amide bonds. The smallest absolute Gasteiger partial charge is 0.329 e. The Balaban J connectivity index is 1.57. The zero-order valence-electron chi connectivity index (χ0n) is 18.8. The number of anilines is 1. The van der Waals surface area contributed by atoms with Crippen molar-refractivity contribution < 1.29 is 28.2 Å². The topological polar surface area (TPSA) is 132 Å². The SMILES string of the molecule is CCOc1cc(/C=N/NC(=O)C(=O)Nc2ccc(C(N)=O)cc2)ccc1OCc1ccc(F)cc1. The lowest BCUT2D eigenvalue weighted by Crippen LogP contribution is -2.32. The highest BCUT2D eigenvalue weighted by molar-refractivity contribution is 6.39. The summed E-state index contributed by atoms with van der Waals surface area (Å²) in [6.45, 7) is 2.44. The van der Waals surface area contributed by atoms with E-state index in [2.05, 4.69) is 15.8 Å². The summed E-state index contributed by atoms with van der Waals surface area (Å²) in [5.74, 6) is -1.90. The van der Waals surface area contributed by atoms with Crippen LogP contribution in [0.15, 0.2) is 71.8 Å². The van der Waals surface area contributed by atoms with Crippen LogP contribution in [0.2, 0.25) is 0 Å². The summed E-state index contributed by atoms with van der Waals surface area (Å²) >= 11 is 0. The average molecular weight is 478 g/mol. The summed E-state index contributed by atoms with van der Waals surface area (Å²) in [6, 6.07) is 16.8. The van der Waals surface area contributed by atoms with Gasteiger partial charge in [-0.1, -0.05) is 12.1 Å². The Morgan fingerprint density at radius 2 is 1.66 bits per heavy atom. The van der Waals surface area contributed by atoms with Crippen LogP contribution in [0.5, 0.6) is 11.5 Å². The predicted molar refractivity (Wildman–Crippen MR) is 128 cm³/mol. The second-order valence-corrected chi connectivity index (χ2v) is 7.15. The molecule has 3 rings (SSSR count). The van der Waals surface area contributed by atoms with Gasteiger partial charge in [-0.05, 0) is 72.6 Å². The molecule has 0 aliphatic carbocycles. The largest absolute Gasteiger partial charge is 0.490 e. The predicted octanol–water partition coefficient (Wildman–Crippen LogP) is 2.99. The van der Waals surface area contributed by atoms with Crippen LogP contribution in [0.25, 0.3) is 0 Å². The molecule has 10 heteroatoms. The standard InChI is InChI=1S/C25H23FN4O5/c1-2-34-22-13-17(5-12-21(22)35-15-16-3-8-19(26)9-4-16)14-28-30-25(33)24(32)29-20-10-6-18(7-11-20)23(27)31/h3-14H,2,15H2,1H3,(H2,27,31)(H,29,32)(H,30,33)/b28-14+. The summed E-state index contributed by atoms with van der Waals surface area (Å²) < 4.78 is 24.4. The maximum absolute atomic E-state index is 13.1. The third-order valence-corrected chi connectivity index (χ3v) is 4.59. The van der Waals surface area contributed by atoms with Gasteiger partial charge in [0.05, 0.1) is 12.8 Å². The van der Waals surface area contributed by atoms with Gasteiger partial charge in [0.2, 0.25) is 5.91 Å². The van der Waals surface area contributed by atoms with E-state index < -0.39 is 17.7 Å². The zero-order chi connectivity index (χ0) is 25.2. The van der Waals surface area contributed by atoms with Gasteiger partial charge in [0.25, 0.3) is 0 Å². The lowest BCUT2D eigenvalue weighted by Gasteiger charge is -2.12. The minimum absolute atomic E-state index is 0.226. The summed E-state index contributed by atoms with van der Waals surface area (Å²) in [6.07, 6.45) is 1.35. The molecular weight excluding hydrogens is 455 g/mol. The fourth-order valence-corrected chi connectivity index (χ4v) is 2.86. The summed E-state index contributed by atoms with van der Waals surface area (Å²) in [5, 5.41) is 6.18. The van der Waals surface area contributed by atoms with E-state index in [1.54, 1.807) is 30.3 Å². The number of halogens is 1. The van der Waals surface area contributed by atoms with Crippen molar-refractivity contribution in [1.29, 1.82) is 0 Å². The molecule has 0 saturated heterocycles. The van der Waals surface area contributed by atoms with Crippen molar-refractivity contribution in [2.75, 3.05) is 11.9 Å². The average Bonchev–Trinajstić information content (AvgIpc) is 2.85. The number of rotatable bonds is 9. The van der Waals surface area contributed by atoms with Gasteiger partial charge in [0.1, 0.15) is 12.4 Å². The molecule has 0 radical (unpaired) electrons. The first-order valence-electron chi connectivity index (χ1n) is 10.5. The molecule has 9 nitrogen and oxygen atoms in total. The molecule has 0 aromatic heterocycles. The van der Waals surface area contributed by atoms with Crippen LogP contribution >= 0.6 is 0 Å². The van der Waals surface area contributed by atoms with Crippen molar-refractivity contribution in [3.63, 3.8) is 0 Å². The van der Waals surface area contributed by atoms with Crippen LogP contribution < -0.4 is 25.9 Å². The van der Waals surface area contributed by atoms with Crippen LogP contribution in [0.4, 0.5) is 10.1 Å². The van der Waals surface area contributed by atoms with Gasteiger partial charge in [-0.25, -0.2) is 9.82 Å². The third-order valence-electron chi connectivity index (χ3n) is 4.59. The number of hydrogen-bond acceptors (Lipinski definition) is 6. The molecule has 0 aliphatic rings. The molecule has 0 bridgehead atoms. The first kappa shape index (κ1) is 24.9. The molecule has 0 fully saturated rings. The Labute approximate surface area is 200 Å². The molecule has 0 saturated carbocycles. The Hall–Kier alpha value is -4.73. The van der Waals surface area contributed by atoms with Crippen molar-refractivity contribution in [2.45, 2.75) is 13.5 Å². The first-order chi connectivity index (χ1) is 16.9. The van der Waals surface area contributed by atoms with Gasteiger partial charge in [0.15, 0.2) is 11.5 Å². The number of primary amides is 1. The van der Waals surface area contributed by atoms with E-state index in [9.17, 15) is 18.8 Å². The van der Waals surface area contributed by atoms with Gasteiger partial charge >= 0.3 is 11.8 Å². The number of nitrogens with zero attached hydrogens (tertiary/aromatic N) is 1. The Bertz CT molecular complexity index is 1230. The normalized spacial score (nSPS) is 10.6. The number of ether oxygens (including phenoxy) is 2. The molecular formula is C25H23FN4O5. The van der Waals surface area contributed by atoms with Crippen molar-refractivity contribution in [1.82, 2.24) is 5.43 Å². The second kappa shape index (κ2) is 11.9. The zero-order valence-corrected chi connectivity index (χ0v) is 18.8. The van der Waals surface area contributed by atoms with Crippen molar-refractivity contribution in [3.05, 3.63) is 89.2 Å². The number of nitrogens with one attached hydrogen (secondary N) is 2. The summed E-state index contributed by atoms with van der Waals surface area (Å²) in [4.78, 5) is 35.1. The van der Waals surface area contributed by atoms with Gasteiger partial charge in [-0.15, -0.1) is 0 Å². The van der Waals surface area contributed by atoms with Crippen molar-refractivity contribution in [2.24, 2.45) is 10.8 Å². The highest BCUT2D eigenvalue weighted by atomic mass is 19.1. The van der Waals surface area contributed by atoms with Crippen molar-refractivity contribution >= 4 is 29.6 Å². The van der Waals surface area contributed by atoms with Crippen LogP contribution in [0.1, 0.15) is 28.4 Å². The number of nitrogens with two attached hydrogens (primary N) is 1. The van der Waals surface area contributed by atoms with Gasteiger partial charge < -0.3 is 20.5 Å². The van der Waals surface area contributed by atoms with Gasteiger partial charge in [-0.2, -0.15) is 5.10 Å². The summed E-state index contributed by atoms with van der Waals surface area (Å²) in [7, 11) is 0. The number of hydrazone groups is 1. The molecule has 0 heterocycles. The van der Waals surface area contributed by atoms with E-state index in [4.69, 9.17) is 15.2 Å². The van der Waals surface area contributed by atoms with E-state index in [0.29, 0.717) is 29.4 Å². The second-order valence-electron chi connectivity index (χ2n) is 7.15. The van der Waals surface area contributed by atoms with Crippen LogP contribution in [0.3, 0.4) is 0 Å². The summed E-state index contributed by atoms with van der Waals surface area (Å²) in [5.41, 5.74) is 9.28. The van der Waals surface area contributed by atoms with E-state index >= 15 is 0 Å². The number of hydrogen-bond donors (Lipinski definition) is 3. The Morgan fingerprint density at radius 1 is 0.943 bits per heavy atom. The lowest BCUT2D eigenvalue weighted by atomic mass is 10.2. The first-order valence-corrected chi connectivity index (χ1v) is 10.5. The fourth-order valence-electron chi connectivity index (χ4n) is 2.86. The molecule has 0 spiro atoms. The van der Waals surface area contributed by atoms with E-state index in [0.717, 1.165) is 5.56 Å². The highest BCUT2D eigenvalue weighted by Gasteiger charge is 2.13. The molecule has 0 aliphatic heterocycles. The lowest BCUT2D eigenvalue weighted by molar-refractivity contribution is -0.136. The minimum Gasteiger partial charge on any atom is -0.490 e. The van der Waals surface area contributed by atoms with Crippen LogP contribution in [-0.4, -0.2) is 30.5 Å². The maximum atomic E-state index is 13.1. The van der Waals surface area contributed by atoms with E-state index in [1.165, 1.54) is 42.6 Å². The molecule has 3 aromatic carbocycles. The van der Waals surface area contributed by atoms with Crippen LogP contribution in [0, 0.1) is 5.82 Å². The number of carbonyl (C=O) groups is 3. The van der Waals surface area contributed by atoms with E-state index in [-0.39, 0.29) is 18.0 Å². The molecule has 180 valence electrons. The molecule has 4 N–H and O–H groups in total. The molecule has 3 aromatic rings. The van der Waals surface area contributed by atoms with E-state index in [1.807, 2.05) is 6.92 Å². The quantitative estimate of drug-likeness (QED) is 0.247. The maximum Gasteiger partial charge on any atom is 0.329 e. The highest BCUT2D eigenvalue weighted by Crippen LogP contribution is 2.29. The van der Waals surface area contributed by atoms with Gasteiger partial charge in [0, 0.05) is 11.3 Å². The molecule has 0 atom stereocenters. The monoisotopic (exact) mass is 478 g/mol. The number of carbonyl (C=O) groups excluding carboxylic acids is 3.